The summed E-state index contributed by atoms with van der Waals surface area (Å²) in [4.78, 5) is 41.5. The Balaban J connectivity index is 1.40. The Morgan fingerprint density at radius 3 is 2.35 bits per heavy atom. The Bertz CT molecular complexity index is 2230. The van der Waals surface area contributed by atoms with Gasteiger partial charge < -0.3 is 33.4 Å². The monoisotopic (exact) mass is 820 g/mol. The Kier molecular flexibility index (Phi) is 11.9. The summed E-state index contributed by atoms with van der Waals surface area (Å²) in [5, 5.41) is 5.33. The number of fused-ring (bicyclic) bond motifs is 6. The van der Waals surface area contributed by atoms with Crippen molar-refractivity contribution in [2.75, 3.05) is 13.2 Å². The van der Waals surface area contributed by atoms with Gasteiger partial charge in [0.1, 0.15) is 30.0 Å². The molecule has 12 nitrogen and oxygen atoms in total. The van der Waals surface area contributed by atoms with E-state index in [0.29, 0.717) is 44.7 Å². The topological polar surface area (TPSA) is 130 Å². The van der Waals surface area contributed by atoms with Gasteiger partial charge in [0.25, 0.3) is 5.91 Å². The molecule has 0 unspecified atom stereocenters. The second-order valence-electron chi connectivity index (χ2n) is 19.2. The predicted octanol–water partition coefficient (Wildman–Crippen LogP) is 7.26. The fraction of sp³-hybridized carbons (Fsp3) is 0.511. The van der Waals surface area contributed by atoms with E-state index in [1.54, 1.807) is 20.8 Å². The average molecular weight is 821 g/mol. The molecule has 0 aliphatic carbocycles. The maximum absolute atomic E-state index is 14.4. The minimum Gasteiger partial charge on any atom is -0.489 e. The van der Waals surface area contributed by atoms with E-state index in [2.05, 4.69) is 88.0 Å². The number of nitrogens with zero attached hydrogens (tertiary/aromatic N) is 2. The number of ether oxygens (including phenoxy) is 3. The second-order valence-corrected chi connectivity index (χ2v) is 19.2. The number of cyclic esters (lactones) is 1. The van der Waals surface area contributed by atoms with Crippen molar-refractivity contribution in [1.82, 2.24) is 20.3 Å². The summed E-state index contributed by atoms with van der Waals surface area (Å²) >= 11 is 0. The lowest BCUT2D eigenvalue weighted by Gasteiger charge is -2.35. The van der Waals surface area contributed by atoms with Gasteiger partial charge in [-0.2, -0.15) is 0 Å². The number of hydrogen-bond acceptors (Lipinski definition) is 9. The largest absolute Gasteiger partial charge is 0.512 e. The number of amides is 2. The summed E-state index contributed by atoms with van der Waals surface area (Å²) in [6.07, 6.45) is 1.05. The molecule has 0 saturated carbocycles. The zero-order valence-electron chi connectivity index (χ0n) is 36.9. The Labute approximate surface area is 354 Å². The van der Waals surface area contributed by atoms with Crippen LogP contribution in [0.4, 0.5) is 4.79 Å². The van der Waals surface area contributed by atoms with E-state index in [1.807, 2.05) is 42.5 Å². The Morgan fingerprint density at radius 1 is 0.950 bits per heavy atom. The third-order valence-corrected chi connectivity index (χ3v) is 12.0. The summed E-state index contributed by atoms with van der Waals surface area (Å²) in [5.41, 5.74) is 7.41. The smallest absolute Gasteiger partial charge is 0.489 e. The Hall–Kier alpha value is -4.85. The van der Waals surface area contributed by atoms with Gasteiger partial charge in [-0.15, -0.1) is 0 Å². The molecule has 2 saturated heterocycles. The molecule has 3 aromatic carbocycles. The van der Waals surface area contributed by atoms with Crippen LogP contribution < -0.4 is 21.1 Å². The van der Waals surface area contributed by atoms with Gasteiger partial charge in [-0.3, -0.25) is 14.6 Å². The van der Waals surface area contributed by atoms with E-state index < -0.39 is 53.5 Å². The van der Waals surface area contributed by atoms with Crippen LogP contribution in [0.1, 0.15) is 98.8 Å². The van der Waals surface area contributed by atoms with E-state index in [0.717, 1.165) is 44.3 Å². The van der Waals surface area contributed by atoms with Gasteiger partial charge in [-0.05, 0) is 127 Å². The highest BCUT2D eigenvalue weighted by molar-refractivity contribution is 6.62. The highest BCUT2D eigenvalue weighted by atomic mass is 16.7. The van der Waals surface area contributed by atoms with Crippen molar-refractivity contribution in [3.05, 3.63) is 83.4 Å². The van der Waals surface area contributed by atoms with E-state index in [-0.39, 0.29) is 18.9 Å². The van der Waals surface area contributed by atoms with Gasteiger partial charge in [0.15, 0.2) is 0 Å². The first-order valence-electron chi connectivity index (χ1n) is 21.3. The van der Waals surface area contributed by atoms with Crippen molar-refractivity contribution in [2.24, 2.45) is 5.41 Å². The molecule has 4 heterocycles. The van der Waals surface area contributed by atoms with Crippen LogP contribution in [0.15, 0.2) is 66.7 Å². The molecule has 2 atom stereocenters. The summed E-state index contributed by atoms with van der Waals surface area (Å²) in [6.45, 7) is 21.4. The molecule has 6 bridgehead atoms. The SMILES string of the molecule is CCn1c(B2OC(C)(C)C(C)(C)O2)c2c3cc(ccc31)-c1cc(cc(OCc3ccccc3)c1)C[C@H](NC(=O)OC(C)(C)C)C(=O)N1CCC[C@H](N1)C(=O)OCC(C)(C)C2. The van der Waals surface area contributed by atoms with E-state index in [9.17, 15) is 14.4 Å². The molecule has 7 rings (SSSR count). The minimum absolute atomic E-state index is 0.126. The summed E-state index contributed by atoms with van der Waals surface area (Å²) in [6, 6.07) is 20.6. The van der Waals surface area contributed by atoms with Crippen LogP contribution in [-0.2, 0) is 54.4 Å². The normalized spacial score (nSPS) is 21.6. The van der Waals surface area contributed by atoms with Crippen LogP contribution in [0.2, 0.25) is 0 Å². The maximum Gasteiger partial charge on any atom is 0.512 e. The fourth-order valence-electron chi connectivity index (χ4n) is 8.23. The lowest BCUT2D eigenvalue weighted by Crippen LogP contribution is -2.60. The second kappa shape index (κ2) is 16.5. The molecule has 2 fully saturated rings. The third kappa shape index (κ3) is 9.38. The molecular formula is C47H61BN4O8. The van der Waals surface area contributed by atoms with Crippen LogP contribution in [-0.4, -0.2) is 76.7 Å². The molecule has 3 aliphatic heterocycles. The van der Waals surface area contributed by atoms with Gasteiger partial charge >= 0.3 is 19.2 Å². The number of benzene rings is 3. The molecular weight excluding hydrogens is 759 g/mol. The predicted molar refractivity (Wildman–Crippen MR) is 233 cm³/mol. The van der Waals surface area contributed by atoms with E-state index >= 15 is 0 Å². The summed E-state index contributed by atoms with van der Waals surface area (Å²) in [5.74, 6) is -0.205. The Morgan fingerprint density at radius 2 is 1.67 bits per heavy atom. The lowest BCUT2D eigenvalue weighted by atomic mass is 9.76. The number of rotatable bonds is 6. The number of alkyl carbamates (subject to hydrolysis) is 1. The van der Waals surface area contributed by atoms with E-state index in [1.165, 1.54) is 5.01 Å². The molecule has 2 N–H and O–H groups in total. The highest BCUT2D eigenvalue weighted by Crippen LogP contribution is 2.40. The van der Waals surface area contributed by atoms with Gasteiger partial charge in [-0.25, -0.2) is 10.2 Å². The van der Waals surface area contributed by atoms with Crippen molar-refractivity contribution >= 4 is 41.6 Å². The molecule has 2 amide bonds. The van der Waals surface area contributed by atoms with Crippen LogP contribution in [0.5, 0.6) is 5.75 Å². The molecule has 1 aromatic heterocycles. The number of nitrogens with one attached hydrogen (secondary N) is 2. The molecule has 0 spiro atoms. The molecule has 60 heavy (non-hydrogen) atoms. The van der Waals surface area contributed by atoms with Crippen molar-refractivity contribution in [3.63, 3.8) is 0 Å². The zero-order chi connectivity index (χ0) is 43.2. The quantitative estimate of drug-likeness (QED) is 0.153. The first kappa shape index (κ1) is 43.3. The minimum atomic E-state index is -1.03. The number of esters is 1. The maximum atomic E-state index is 14.4. The van der Waals surface area contributed by atoms with Crippen molar-refractivity contribution in [1.29, 1.82) is 0 Å². The summed E-state index contributed by atoms with van der Waals surface area (Å²) in [7, 11) is -0.623. The summed E-state index contributed by atoms with van der Waals surface area (Å²) < 4.78 is 33.9. The lowest BCUT2D eigenvalue weighted by molar-refractivity contribution is -0.155. The molecule has 4 aromatic rings. The fourth-order valence-corrected chi connectivity index (χ4v) is 8.23. The van der Waals surface area contributed by atoms with Crippen LogP contribution >= 0.6 is 0 Å². The van der Waals surface area contributed by atoms with Crippen LogP contribution in [0.3, 0.4) is 0 Å². The van der Waals surface area contributed by atoms with Crippen LogP contribution in [0.25, 0.3) is 22.0 Å². The number of aromatic nitrogens is 1. The number of aryl methyl sites for hydroxylation is 1. The molecule has 0 radical (unpaired) electrons. The zero-order valence-corrected chi connectivity index (χ0v) is 36.9. The average Bonchev–Trinajstić information content (AvgIpc) is 3.60. The van der Waals surface area contributed by atoms with Gasteiger partial charge in [0, 0.05) is 35.8 Å². The number of hydrazine groups is 1. The van der Waals surface area contributed by atoms with Crippen molar-refractivity contribution in [2.45, 2.75) is 137 Å². The molecule has 3 aliphatic rings. The van der Waals surface area contributed by atoms with Gasteiger partial charge in [-0.1, -0.05) is 56.3 Å². The van der Waals surface area contributed by atoms with E-state index in [4.69, 9.17) is 23.5 Å². The molecule has 13 heteroatoms. The van der Waals surface area contributed by atoms with Crippen LogP contribution in [0, 0.1) is 5.41 Å². The van der Waals surface area contributed by atoms with Gasteiger partial charge in [0.2, 0.25) is 0 Å². The number of carbonyl (C=O) groups is 3. The third-order valence-electron chi connectivity index (χ3n) is 12.0. The standard InChI is InChI=1S/C47H61BN4O8/c1-11-51-39-20-19-32-26-35(39)36(40(51)48-59-46(7,8)47(9,10)60-48)27-45(5,6)29-57-42(54)37-18-15-21-52(50-37)41(53)38(49-43(55)58-44(2,3)4)24-31-22-33(32)25-34(23-31)56-28-30-16-13-12-14-17-30/h12-14,16-17,19-20,22-23,25-26,37-38,50H,11,15,18,21,24,27-29H2,1-10H3,(H,49,55)/t37-,38-/m0/s1. The van der Waals surface area contributed by atoms with Gasteiger partial charge in [0.05, 0.1) is 23.4 Å². The number of hydrogen-bond donors (Lipinski definition) is 2. The molecule has 320 valence electrons. The number of carbonyl (C=O) groups excluding carboxylic acids is 3. The van der Waals surface area contributed by atoms with Crippen molar-refractivity contribution in [3.8, 4) is 16.9 Å². The highest BCUT2D eigenvalue weighted by Gasteiger charge is 2.54. The first-order chi connectivity index (χ1) is 28.2. The van der Waals surface area contributed by atoms with Crippen molar-refractivity contribution < 1.29 is 37.9 Å². The first-order valence-corrected chi connectivity index (χ1v) is 21.3.